The average Bonchev–Trinajstić information content (AvgIpc) is 2.37. The lowest BCUT2D eigenvalue weighted by molar-refractivity contribution is 0.277. The largest absolute Gasteiger partial charge is 0.296 e. The van der Waals surface area contributed by atoms with E-state index in [9.17, 15) is 12.8 Å². The molecule has 1 aromatic carbocycles. The van der Waals surface area contributed by atoms with Crippen LogP contribution < -0.4 is 0 Å². The number of benzene rings is 1. The number of halogens is 1. The van der Waals surface area contributed by atoms with Crippen LogP contribution in [-0.2, 0) is 14.3 Å². The van der Waals surface area contributed by atoms with Gasteiger partial charge in [0.15, 0.2) is 0 Å². The van der Waals surface area contributed by atoms with Gasteiger partial charge in [-0.05, 0) is 37.6 Å². The third kappa shape index (κ3) is 3.75. The van der Waals surface area contributed by atoms with E-state index < -0.39 is 10.1 Å². The fourth-order valence-electron chi connectivity index (χ4n) is 1.77. The molecular weight excluding hydrogens is 267 g/mol. The van der Waals surface area contributed by atoms with Gasteiger partial charge in [-0.2, -0.15) is 8.42 Å². The number of hydrogen-bond donors (Lipinski definition) is 0. The highest BCUT2D eigenvalue weighted by atomic mass is 32.2. The standard InChI is InChI=1S/C14H15FO3S/c1-11-5-7-14(8-6-11)19(16,17)18-10-12-3-2-4-13(15)9-12/h2,4-9,12H,3,10H2,1H3/t12-/m1/s1. The van der Waals surface area contributed by atoms with E-state index in [1.54, 1.807) is 18.2 Å². The second-order valence-electron chi connectivity index (χ2n) is 4.50. The maximum atomic E-state index is 13.0. The Labute approximate surface area is 112 Å². The fraction of sp³-hybridized carbons (Fsp3) is 0.286. The smallest absolute Gasteiger partial charge is 0.266 e. The number of hydrogen-bond acceptors (Lipinski definition) is 3. The minimum absolute atomic E-state index is 0.0476. The van der Waals surface area contributed by atoms with Crippen LogP contribution in [0.3, 0.4) is 0 Å². The SMILES string of the molecule is Cc1ccc(S(=O)(=O)OC[C@H]2C=C(F)C=CC2)cc1. The normalized spacial score (nSPS) is 19.3. The summed E-state index contributed by atoms with van der Waals surface area (Å²) in [6.45, 7) is 1.83. The van der Waals surface area contributed by atoms with Gasteiger partial charge in [0.05, 0.1) is 11.5 Å². The quantitative estimate of drug-likeness (QED) is 0.797. The van der Waals surface area contributed by atoms with Gasteiger partial charge >= 0.3 is 0 Å². The van der Waals surface area contributed by atoms with Gasteiger partial charge in [-0.3, -0.25) is 4.18 Å². The molecule has 0 N–H and O–H groups in total. The van der Waals surface area contributed by atoms with Crippen LogP contribution in [0.25, 0.3) is 0 Å². The van der Waals surface area contributed by atoms with Gasteiger partial charge in [0.1, 0.15) is 5.83 Å². The summed E-state index contributed by atoms with van der Waals surface area (Å²) in [6, 6.07) is 6.42. The van der Waals surface area contributed by atoms with Gasteiger partial charge in [0, 0.05) is 5.92 Å². The van der Waals surface area contributed by atoms with Crippen molar-refractivity contribution in [3.8, 4) is 0 Å². The van der Waals surface area contributed by atoms with Crippen LogP contribution in [0, 0.1) is 12.8 Å². The van der Waals surface area contributed by atoms with Gasteiger partial charge in [-0.1, -0.05) is 23.8 Å². The van der Waals surface area contributed by atoms with Crippen molar-refractivity contribution in [1.82, 2.24) is 0 Å². The number of rotatable bonds is 4. The molecule has 0 bridgehead atoms. The highest BCUT2D eigenvalue weighted by Crippen LogP contribution is 2.20. The van der Waals surface area contributed by atoms with Crippen molar-refractivity contribution in [1.29, 1.82) is 0 Å². The van der Waals surface area contributed by atoms with E-state index in [0.717, 1.165) is 5.56 Å². The molecule has 0 spiro atoms. The molecule has 0 aromatic heterocycles. The second-order valence-corrected chi connectivity index (χ2v) is 6.12. The molecule has 0 aliphatic heterocycles. The molecule has 1 aromatic rings. The summed E-state index contributed by atoms with van der Waals surface area (Å²) in [6.07, 6.45) is 4.99. The monoisotopic (exact) mass is 282 g/mol. The first-order valence-electron chi connectivity index (χ1n) is 5.97. The highest BCUT2D eigenvalue weighted by Gasteiger charge is 2.18. The Bertz CT molecular complexity index is 600. The van der Waals surface area contributed by atoms with Gasteiger partial charge in [-0.15, -0.1) is 0 Å². The van der Waals surface area contributed by atoms with Crippen LogP contribution in [0.1, 0.15) is 12.0 Å². The van der Waals surface area contributed by atoms with Crippen molar-refractivity contribution >= 4 is 10.1 Å². The molecular formula is C14H15FO3S. The summed E-state index contributed by atoms with van der Waals surface area (Å²) < 4.78 is 41.8. The van der Waals surface area contributed by atoms with Crippen LogP contribution in [0.15, 0.2) is 53.2 Å². The Hall–Kier alpha value is -1.46. The maximum absolute atomic E-state index is 13.0. The maximum Gasteiger partial charge on any atom is 0.296 e. The predicted octanol–water partition coefficient (Wildman–Crippen LogP) is 3.13. The zero-order valence-electron chi connectivity index (χ0n) is 10.5. The van der Waals surface area contributed by atoms with Gasteiger partial charge in [0.2, 0.25) is 0 Å². The lowest BCUT2D eigenvalue weighted by Gasteiger charge is -2.14. The third-order valence-electron chi connectivity index (χ3n) is 2.86. The van der Waals surface area contributed by atoms with E-state index in [0.29, 0.717) is 6.42 Å². The highest BCUT2D eigenvalue weighted by molar-refractivity contribution is 7.86. The van der Waals surface area contributed by atoms with E-state index in [2.05, 4.69) is 0 Å². The average molecular weight is 282 g/mol. The molecule has 0 saturated carbocycles. The summed E-state index contributed by atoms with van der Waals surface area (Å²) in [5, 5.41) is 0. The van der Waals surface area contributed by atoms with E-state index in [1.807, 2.05) is 6.92 Å². The van der Waals surface area contributed by atoms with E-state index in [1.165, 1.54) is 24.3 Å². The van der Waals surface area contributed by atoms with Crippen LogP contribution in [0.5, 0.6) is 0 Å². The molecule has 0 heterocycles. The zero-order valence-corrected chi connectivity index (χ0v) is 11.4. The lowest BCUT2D eigenvalue weighted by atomic mass is 10.0. The number of allylic oxidation sites excluding steroid dienone is 3. The Morgan fingerprint density at radius 3 is 2.63 bits per heavy atom. The Morgan fingerprint density at radius 1 is 1.32 bits per heavy atom. The van der Waals surface area contributed by atoms with Crippen LogP contribution in [0.4, 0.5) is 4.39 Å². The minimum atomic E-state index is -3.77. The Balaban J connectivity index is 2.02. The molecule has 2 rings (SSSR count). The zero-order chi connectivity index (χ0) is 13.9. The van der Waals surface area contributed by atoms with Crippen molar-refractivity contribution < 1.29 is 17.0 Å². The van der Waals surface area contributed by atoms with Crippen molar-refractivity contribution in [2.24, 2.45) is 5.92 Å². The molecule has 1 aliphatic carbocycles. The first-order valence-corrected chi connectivity index (χ1v) is 7.38. The molecule has 0 saturated heterocycles. The molecule has 3 nitrogen and oxygen atoms in total. The first kappa shape index (κ1) is 14.0. The fourth-order valence-corrected chi connectivity index (χ4v) is 2.73. The van der Waals surface area contributed by atoms with Crippen LogP contribution in [-0.4, -0.2) is 15.0 Å². The summed E-state index contributed by atoms with van der Waals surface area (Å²) in [5.74, 6) is -0.599. The Kier molecular flexibility index (Phi) is 4.17. The molecule has 0 amide bonds. The lowest BCUT2D eigenvalue weighted by Crippen LogP contribution is -2.14. The molecule has 0 radical (unpaired) electrons. The van der Waals surface area contributed by atoms with Gasteiger partial charge in [-0.25, -0.2) is 4.39 Å². The van der Waals surface area contributed by atoms with Crippen molar-refractivity contribution in [2.45, 2.75) is 18.2 Å². The van der Waals surface area contributed by atoms with Crippen molar-refractivity contribution in [3.05, 3.63) is 53.9 Å². The Morgan fingerprint density at radius 2 is 2.00 bits per heavy atom. The summed E-state index contributed by atoms with van der Waals surface area (Å²) in [7, 11) is -3.77. The van der Waals surface area contributed by atoms with Crippen LogP contribution in [0.2, 0.25) is 0 Å². The van der Waals surface area contributed by atoms with Gasteiger partial charge in [0.25, 0.3) is 10.1 Å². The third-order valence-corrected chi connectivity index (χ3v) is 4.15. The minimum Gasteiger partial charge on any atom is -0.266 e. The predicted molar refractivity (Wildman–Crippen MR) is 70.8 cm³/mol. The molecule has 102 valence electrons. The van der Waals surface area contributed by atoms with Crippen molar-refractivity contribution in [2.75, 3.05) is 6.61 Å². The van der Waals surface area contributed by atoms with Gasteiger partial charge < -0.3 is 0 Å². The number of aryl methyl sites for hydroxylation is 1. The van der Waals surface area contributed by atoms with E-state index in [4.69, 9.17) is 4.18 Å². The van der Waals surface area contributed by atoms with E-state index >= 15 is 0 Å². The van der Waals surface area contributed by atoms with E-state index in [-0.39, 0.29) is 23.2 Å². The molecule has 19 heavy (non-hydrogen) atoms. The molecule has 1 atom stereocenters. The first-order chi connectivity index (χ1) is 8.97. The molecule has 5 heteroatoms. The summed E-state index contributed by atoms with van der Waals surface area (Å²) in [4.78, 5) is 0.119. The molecule has 0 unspecified atom stereocenters. The summed E-state index contributed by atoms with van der Waals surface area (Å²) >= 11 is 0. The topological polar surface area (TPSA) is 43.4 Å². The van der Waals surface area contributed by atoms with Crippen LogP contribution >= 0.6 is 0 Å². The molecule has 0 fully saturated rings. The summed E-state index contributed by atoms with van der Waals surface area (Å²) in [5.41, 5.74) is 0.973. The van der Waals surface area contributed by atoms with Crippen molar-refractivity contribution in [3.63, 3.8) is 0 Å². The second kappa shape index (κ2) is 5.67. The molecule has 1 aliphatic rings.